The monoisotopic (exact) mass is 432 g/mol. The molecule has 31 heavy (non-hydrogen) atoms. The van der Waals surface area contributed by atoms with Gasteiger partial charge in [0.05, 0.1) is 12.7 Å². The topological polar surface area (TPSA) is 63.6 Å². The fourth-order valence-electron chi connectivity index (χ4n) is 8.84. The molecule has 0 spiro atoms. The van der Waals surface area contributed by atoms with Crippen LogP contribution in [-0.2, 0) is 14.3 Å². The highest BCUT2D eigenvalue weighted by Gasteiger charge is 2.62. The van der Waals surface area contributed by atoms with E-state index in [1.807, 2.05) is 6.92 Å². The second-order valence-electron chi connectivity index (χ2n) is 11.8. The highest BCUT2D eigenvalue weighted by atomic mass is 16.5. The second kappa shape index (κ2) is 8.80. The zero-order valence-electron chi connectivity index (χ0n) is 20.2. The predicted octanol–water partition coefficient (Wildman–Crippen LogP) is 5.55. The van der Waals surface area contributed by atoms with Crippen molar-refractivity contribution in [3.63, 3.8) is 0 Å². The third-order valence-corrected chi connectivity index (χ3v) is 10.6. The van der Waals surface area contributed by atoms with Gasteiger partial charge in [-0.2, -0.15) is 0 Å². The van der Waals surface area contributed by atoms with E-state index in [4.69, 9.17) is 4.74 Å². The molecule has 0 amide bonds. The lowest BCUT2D eigenvalue weighted by molar-refractivity contribution is -0.167. The lowest BCUT2D eigenvalue weighted by Gasteiger charge is -2.62. The molecule has 0 bridgehead atoms. The highest BCUT2D eigenvalue weighted by molar-refractivity contribution is 5.87. The summed E-state index contributed by atoms with van der Waals surface area (Å²) in [5, 5.41) is 11.4. The Bertz CT molecular complexity index is 689. The first-order valence-electron chi connectivity index (χ1n) is 13.1. The van der Waals surface area contributed by atoms with Gasteiger partial charge in [-0.15, -0.1) is 0 Å². The minimum atomic E-state index is -0.241. The predicted molar refractivity (Wildman–Crippen MR) is 121 cm³/mol. The van der Waals surface area contributed by atoms with Crippen LogP contribution in [0.5, 0.6) is 0 Å². The van der Waals surface area contributed by atoms with Crippen LogP contribution in [0.3, 0.4) is 0 Å². The Hall–Kier alpha value is -0.900. The summed E-state index contributed by atoms with van der Waals surface area (Å²) < 4.78 is 5.15. The van der Waals surface area contributed by atoms with Crippen LogP contribution >= 0.6 is 0 Å². The molecule has 4 fully saturated rings. The number of carbonyl (C=O) groups excluding carboxylic acids is 2. The first kappa shape index (κ1) is 23.3. The van der Waals surface area contributed by atoms with Gasteiger partial charge >= 0.3 is 5.97 Å². The van der Waals surface area contributed by atoms with Gasteiger partial charge < -0.3 is 9.84 Å². The summed E-state index contributed by atoms with van der Waals surface area (Å²) in [4.78, 5) is 24.5. The second-order valence-corrected chi connectivity index (χ2v) is 11.8. The van der Waals surface area contributed by atoms with Crippen LogP contribution in [0.4, 0.5) is 0 Å². The van der Waals surface area contributed by atoms with Crippen molar-refractivity contribution in [1.82, 2.24) is 0 Å². The minimum absolute atomic E-state index is 0.0708. The van der Waals surface area contributed by atoms with Crippen LogP contribution < -0.4 is 0 Å². The summed E-state index contributed by atoms with van der Waals surface area (Å²) in [5.74, 6) is 3.58. The molecule has 0 heterocycles. The maximum absolute atomic E-state index is 12.7. The van der Waals surface area contributed by atoms with Gasteiger partial charge in [0, 0.05) is 18.3 Å². The van der Waals surface area contributed by atoms with Gasteiger partial charge in [-0.05, 0) is 99.2 Å². The number of hydrogen-bond acceptors (Lipinski definition) is 4. The molecule has 4 aliphatic carbocycles. The molecule has 4 nitrogen and oxygen atoms in total. The zero-order valence-corrected chi connectivity index (χ0v) is 20.2. The normalized spacial score (nSPS) is 45.4. The van der Waals surface area contributed by atoms with Crippen molar-refractivity contribution in [3.05, 3.63) is 0 Å². The molecule has 0 aromatic carbocycles. The lowest BCUT2D eigenvalue weighted by atomic mass is 9.43. The van der Waals surface area contributed by atoms with Gasteiger partial charge in [-0.25, -0.2) is 0 Å². The smallest absolute Gasteiger partial charge is 0.305 e. The van der Waals surface area contributed by atoms with Crippen molar-refractivity contribution in [1.29, 1.82) is 0 Å². The van der Waals surface area contributed by atoms with Crippen molar-refractivity contribution < 1.29 is 19.4 Å². The fourth-order valence-corrected chi connectivity index (χ4v) is 8.84. The van der Waals surface area contributed by atoms with E-state index in [-0.39, 0.29) is 22.9 Å². The number of ether oxygens (including phenoxy) is 1. The van der Waals surface area contributed by atoms with E-state index in [0.717, 1.165) is 51.4 Å². The largest absolute Gasteiger partial charge is 0.466 e. The van der Waals surface area contributed by atoms with Gasteiger partial charge in [0.15, 0.2) is 0 Å². The van der Waals surface area contributed by atoms with Gasteiger partial charge in [0.2, 0.25) is 0 Å². The van der Waals surface area contributed by atoms with Crippen LogP contribution in [0.15, 0.2) is 0 Å². The van der Waals surface area contributed by atoms with E-state index < -0.39 is 0 Å². The minimum Gasteiger partial charge on any atom is -0.466 e. The lowest BCUT2D eigenvalue weighted by Crippen LogP contribution is -2.58. The summed E-state index contributed by atoms with van der Waals surface area (Å²) in [6.07, 6.45) is 10.7. The Kier molecular flexibility index (Phi) is 6.60. The number of esters is 1. The first-order chi connectivity index (χ1) is 14.7. The molecule has 0 aromatic rings. The quantitative estimate of drug-likeness (QED) is 0.559. The first-order valence-corrected chi connectivity index (χ1v) is 13.1. The number of Topliss-reactive ketones (excluding diaryl/α,β-unsaturated/α-hetero) is 1. The van der Waals surface area contributed by atoms with Gasteiger partial charge in [0.1, 0.15) is 5.78 Å². The zero-order chi connectivity index (χ0) is 22.4. The van der Waals surface area contributed by atoms with Crippen LogP contribution in [-0.4, -0.2) is 29.6 Å². The SMILES string of the molecule is CCOC(=O)CCC(CC)C1CC[C@@]2(C)C(C1)[C@@H](O)C[C@@H]1[C@@H]2CC[C@]2(C)C(=O)CC[C@@H]12. The summed E-state index contributed by atoms with van der Waals surface area (Å²) in [6.45, 7) is 9.25. The number of aliphatic hydroxyl groups is 1. The number of hydrogen-bond donors (Lipinski definition) is 1. The van der Waals surface area contributed by atoms with Crippen molar-refractivity contribution in [3.8, 4) is 0 Å². The molecule has 3 unspecified atom stereocenters. The third kappa shape index (κ3) is 3.89. The molecule has 4 heteroatoms. The number of fused-ring (bicyclic) bond motifs is 5. The van der Waals surface area contributed by atoms with Crippen molar-refractivity contribution in [2.75, 3.05) is 6.61 Å². The Morgan fingerprint density at radius 3 is 2.58 bits per heavy atom. The van der Waals surface area contributed by atoms with Crippen LogP contribution in [0, 0.1) is 46.3 Å². The van der Waals surface area contributed by atoms with Gasteiger partial charge in [-0.3, -0.25) is 9.59 Å². The Morgan fingerprint density at radius 1 is 1.10 bits per heavy atom. The Morgan fingerprint density at radius 2 is 1.87 bits per heavy atom. The summed E-state index contributed by atoms with van der Waals surface area (Å²) >= 11 is 0. The molecule has 9 atom stereocenters. The van der Waals surface area contributed by atoms with Crippen molar-refractivity contribution in [2.45, 2.75) is 104 Å². The maximum Gasteiger partial charge on any atom is 0.305 e. The molecule has 176 valence electrons. The van der Waals surface area contributed by atoms with Crippen molar-refractivity contribution >= 4 is 11.8 Å². The molecule has 0 radical (unpaired) electrons. The van der Waals surface area contributed by atoms with E-state index in [1.54, 1.807) is 0 Å². The third-order valence-electron chi connectivity index (χ3n) is 10.6. The van der Waals surface area contributed by atoms with Crippen molar-refractivity contribution in [2.24, 2.45) is 46.3 Å². The molecule has 0 aromatic heterocycles. The van der Waals surface area contributed by atoms with Gasteiger partial charge in [0.25, 0.3) is 0 Å². The molecule has 1 N–H and O–H groups in total. The standard InChI is InChI=1S/C27H44O4/c1-5-17(7-10-25(30)31-6-2)18-11-13-26(3)21-12-14-27(4)20(8-9-24(27)29)19(21)16-23(28)22(26)15-18/h17-23,28H,5-16H2,1-4H3/t17?,18?,19-,20-,21-,22?,23-,26+,27-/m0/s1. The molecule has 4 saturated carbocycles. The Balaban J connectivity index is 1.47. The average Bonchev–Trinajstić information content (AvgIpc) is 3.04. The van der Waals surface area contributed by atoms with E-state index >= 15 is 0 Å². The molecule has 0 saturated heterocycles. The van der Waals surface area contributed by atoms with E-state index in [0.29, 0.717) is 54.3 Å². The molecule has 4 aliphatic rings. The molecular formula is C27H44O4. The van der Waals surface area contributed by atoms with E-state index in [1.165, 1.54) is 12.8 Å². The summed E-state index contributed by atoms with van der Waals surface area (Å²) in [5.41, 5.74) is 0.0763. The van der Waals surface area contributed by atoms with Crippen LogP contribution in [0.1, 0.15) is 98.3 Å². The molecular weight excluding hydrogens is 388 g/mol. The van der Waals surface area contributed by atoms with E-state index in [9.17, 15) is 14.7 Å². The number of rotatable bonds is 6. The number of carbonyl (C=O) groups is 2. The highest BCUT2D eigenvalue weighted by Crippen LogP contribution is 2.66. The average molecular weight is 433 g/mol. The molecule has 4 rings (SSSR count). The number of aliphatic hydroxyl groups excluding tert-OH is 1. The maximum atomic E-state index is 12.7. The summed E-state index contributed by atoms with van der Waals surface area (Å²) in [7, 11) is 0. The fraction of sp³-hybridized carbons (Fsp3) is 0.926. The van der Waals surface area contributed by atoms with E-state index in [2.05, 4.69) is 20.8 Å². The summed E-state index contributed by atoms with van der Waals surface area (Å²) in [6, 6.07) is 0. The van der Waals surface area contributed by atoms with Crippen LogP contribution in [0.2, 0.25) is 0 Å². The van der Waals surface area contributed by atoms with Crippen LogP contribution in [0.25, 0.3) is 0 Å². The number of ketones is 1. The van der Waals surface area contributed by atoms with Gasteiger partial charge in [-0.1, -0.05) is 27.2 Å². The Labute approximate surface area is 188 Å². The molecule has 0 aliphatic heterocycles.